The number of ether oxygens (including phenoxy) is 2. The van der Waals surface area contributed by atoms with Gasteiger partial charge in [-0.2, -0.15) is 0 Å². The number of carbonyl (C=O) groups is 2. The number of hydrogen-bond acceptors (Lipinski definition) is 9. The third-order valence-electron chi connectivity index (χ3n) is 5.07. The molecule has 0 aromatic heterocycles. The van der Waals surface area contributed by atoms with E-state index < -0.39 is 58.4 Å². The maximum atomic E-state index is 12.0. The largest absolute Gasteiger partial charge is 0.472 e. The molecule has 0 heterocycles. The molecule has 0 spiro atoms. The van der Waals surface area contributed by atoms with Gasteiger partial charge in [-0.25, -0.2) is 4.57 Å². The Morgan fingerprint density at radius 1 is 0.676 bits per heavy atom. The zero-order valence-corrected chi connectivity index (χ0v) is 21.7. The molecule has 0 radical (unpaired) electrons. The third kappa shape index (κ3) is 19.3. The Balaban J connectivity index is 4.12. The maximum absolute atomic E-state index is 12.0. The normalized spacial score (nSPS) is 14.9. The second kappa shape index (κ2) is 21.3. The lowest BCUT2D eigenvalue weighted by molar-refractivity contribution is -0.153. The van der Waals surface area contributed by atoms with Gasteiger partial charge in [-0.3, -0.25) is 18.6 Å². The number of esters is 2. The van der Waals surface area contributed by atoms with Crippen molar-refractivity contribution in [2.24, 2.45) is 0 Å². The van der Waals surface area contributed by atoms with Crippen LogP contribution in [-0.2, 0) is 32.7 Å². The van der Waals surface area contributed by atoms with Crippen LogP contribution in [0.25, 0.3) is 0 Å². The average molecular weight is 513 g/mol. The van der Waals surface area contributed by atoms with E-state index in [1.54, 1.807) is 0 Å². The summed E-state index contributed by atoms with van der Waals surface area (Å²) in [4.78, 5) is 33.3. The van der Waals surface area contributed by atoms with Gasteiger partial charge in [0.2, 0.25) is 0 Å². The number of aliphatic hydroxyl groups is 2. The van der Waals surface area contributed by atoms with E-state index in [4.69, 9.17) is 18.5 Å². The van der Waals surface area contributed by atoms with E-state index >= 15 is 0 Å². The predicted octanol–water partition coefficient (Wildman–Crippen LogP) is 4.04. The monoisotopic (exact) mass is 512 g/mol. The van der Waals surface area contributed by atoms with Crippen molar-refractivity contribution in [2.75, 3.05) is 26.4 Å². The molecule has 0 bridgehead atoms. The average Bonchev–Trinajstić information content (AvgIpc) is 2.81. The molecule has 10 nitrogen and oxygen atoms in total. The smallest absolute Gasteiger partial charge is 0.457 e. The fourth-order valence-electron chi connectivity index (χ4n) is 3.03. The van der Waals surface area contributed by atoms with Gasteiger partial charge in [0, 0.05) is 12.8 Å². The van der Waals surface area contributed by atoms with Gasteiger partial charge >= 0.3 is 19.8 Å². The van der Waals surface area contributed by atoms with E-state index in [1.807, 2.05) is 6.92 Å². The first-order valence-corrected chi connectivity index (χ1v) is 14.0. The van der Waals surface area contributed by atoms with Crippen LogP contribution >= 0.6 is 7.82 Å². The molecule has 11 heteroatoms. The number of aliphatic hydroxyl groups excluding tert-OH is 2. The van der Waals surface area contributed by atoms with Crippen molar-refractivity contribution in [1.82, 2.24) is 0 Å². The third-order valence-corrected chi connectivity index (χ3v) is 6.02. The minimum absolute atomic E-state index is 0.170. The van der Waals surface area contributed by atoms with Crippen molar-refractivity contribution in [3.05, 3.63) is 0 Å². The summed E-state index contributed by atoms with van der Waals surface area (Å²) in [6, 6.07) is 0. The molecule has 3 atom stereocenters. The number of carbonyl (C=O) groups excluding carboxylic acids is 2. The SMILES string of the molecule is CCCCCCCCCCCC(=O)OC(CO)COP(=O)(O)OCC(CO)OC(=O)CCCC. The van der Waals surface area contributed by atoms with Crippen LogP contribution in [0.4, 0.5) is 0 Å². The van der Waals surface area contributed by atoms with Crippen molar-refractivity contribution < 1.29 is 47.8 Å². The summed E-state index contributed by atoms with van der Waals surface area (Å²) in [6.45, 7) is 1.82. The Hall–Kier alpha value is -1.03. The molecule has 0 aromatic rings. The highest BCUT2D eigenvalue weighted by atomic mass is 31.2. The number of phosphoric acid groups is 1. The van der Waals surface area contributed by atoms with E-state index in [-0.39, 0.29) is 12.8 Å². The molecule has 202 valence electrons. The van der Waals surface area contributed by atoms with E-state index in [1.165, 1.54) is 32.1 Å². The molecule has 0 aromatic carbocycles. The molecule has 0 fully saturated rings. The summed E-state index contributed by atoms with van der Waals surface area (Å²) >= 11 is 0. The van der Waals surface area contributed by atoms with Gasteiger partial charge in [0.25, 0.3) is 0 Å². The first kappa shape index (κ1) is 33.0. The van der Waals surface area contributed by atoms with Crippen molar-refractivity contribution in [2.45, 2.75) is 110 Å². The molecule has 0 amide bonds. The maximum Gasteiger partial charge on any atom is 0.472 e. The van der Waals surface area contributed by atoms with Gasteiger partial charge in [0.1, 0.15) is 12.2 Å². The van der Waals surface area contributed by atoms with Crippen LogP contribution in [0.1, 0.15) is 97.3 Å². The Morgan fingerprint density at radius 2 is 1.06 bits per heavy atom. The molecule has 0 aliphatic rings. The van der Waals surface area contributed by atoms with Crippen LogP contribution in [0.3, 0.4) is 0 Å². The molecule has 3 unspecified atom stereocenters. The first-order valence-electron chi connectivity index (χ1n) is 12.5. The van der Waals surface area contributed by atoms with E-state index in [0.29, 0.717) is 12.8 Å². The number of rotatable bonds is 23. The standard InChI is InChI=1S/C23H45O10P/c1-3-5-7-8-9-10-11-12-13-15-23(27)33-21(17-25)19-31-34(28,29)30-18-20(16-24)32-22(26)14-6-4-2/h20-21,24-25H,3-19H2,1-2H3,(H,28,29). The van der Waals surface area contributed by atoms with Gasteiger partial charge in [-0.05, 0) is 12.8 Å². The van der Waals surface area contributed by atoms with Crippen molar-refractivity contribution >= 4 is 19.8 Å². The quantitative estimate of drug-likeness (QED) is 0.104. The van der Waals surface area contributed by atoms with Gasteiger partial charge in [0.15, 0.2) is 0 Å². The molecule has 0 rings (SSSR count). The Kier molecular flexibility index (Phi) is 20.6. The minimum Gasteiger partial charge on any atom is -0.457 e. The number of hydrogen-bond donors (Lipinski definition) is 3. The van der Waals surface area contributed by atoms with Crippen LogP contribution in [0, 0.1) is 0 Å². The summed E-state index contributed by atoms with van der Waals surface area (Å²) in [5.74, 6) is -1.06. The van der Waals surface area contributed by atoms with Crippen LogP contribution in [0.5, 0.6) is 0 Å². The fraction of sp³-hybridized carbons (Fsp3) is 0.913. The molecule has 3 N–H and O–H groups in total. The predicted molar refractivity (Wildman–Crippen MR) is 127 cm³/mol. The van der Waals surface area contributed by atoms with Crippen LogP contribution in [-0.4, -0.2) is 65.7 Å². The Bertz CT molecular complexity index is 572. The summed E-state index contributed by atoms with van der Waals surface area (Å²) in [5, 5.41) is 18.6. The van der Waals surface area contributed by atoms with Crippen molar-refractivity contribution in [1.29, 1.82) is 0 Å². The lowest BCUT2D eigenvalue weighted by atomic mass is 10.1. The topological polar surface area (TPSA) is 149 Å². The molecule has 34 heavy (non-hydrogen) atoms. The second-order valence-corrected chi connectivity index (χ2v) is 9.78. The fourth-order valence-corrected chi connectivity index (χ4v) is 3.81. The first-order chi connectivity index (χ1) is 16.3. The van der Waals surface area contributed by atoms with Gasteiger partial charge in [-0.15, -0.1) is 0 Å². The minimum atomic E-state index is -4.58. The lowest BCUT2D eigenvalue weighted by Gasteiger charge is -2.20. The van der Waals surface area contributed by atoms with Crippen LogP contribution in [0.15, 0.2) is 0 Å². The molecular formula is C23H45O10P. The number of phosphoric ester groups is 1. The van der Waals surface area contributed by atoms with E-state index in [2.05, 4.69) is 6.92 Å². The molecule has 0 saturated carbocycles. The van der Waals surface area contributed by atoms with E-state index in [0.717, 1.165) is 25.7 Å². The molecule has 0 aliphatic carbocycles. The van der Waals surface area contributed by atoms with Crippen molar-refractivity contribution in [3.63, 3.8) is 0 Å². The Labute approximate surface area is 203 Å². The summed E-state index contributed by atoms with van der Waals surface area (Å²) in [7, 11) is -4.58. The highest BCUT2D eigenvalue weighted by Gasteiger charge is 2.27. The lowest BCUT2D eigenvalue weighted by Crippen LogP contribution is -2.28. The molecule has 0 aliphatic heterocycles. The summed E-state index contributed by atoms with van der Waals surface area (Å²) in [6.07, 6.45) is 9.57. The molecule has 0 saturated heterocycles. The zero-order chi connectivity index (χ0) is 25.7. The van der Waals surface area contributed by atoms with E-state index in [9.17, 15) is 29.3 Å². The summed E-state index contributed by atoms with van der Waals surface area (Å²) in [5.41, 5.74) is 0. The second-order valence-electron chi connectivity index (χ2n) is 8.33. The number of unbranched alkanes of at least 4 members (excludes halogenated alkanes) is 9. The zero-order valence-electron chi connectivity index (χ0n) is 20.8. The van der Waals surface area contributed by atoms with Crippen LogP contribution in [0.2, 0.25) is 0 Å². The summed E-state index contributed by atoms with van der Waals surface area (Å²) < 4.78 is 31.6. The van der Waals surface area contributed by atoms with Gasteiger partial charge in [0.05, 0.1) is 26.4 Å². The Morgan fingerprint density at radius 3 is 1.47 bits per heavy atom. The van der Waals surface area contributed by atoms with Crippen molar-refractivity contribution in [3.8, 4) is 0 Å². The highest BCUT2D eigenvalue weighted by molar-refractivity contribution is 7.47. The highest BCUT2D eigenvalue weighted by Crippen LogP contribution is 2.43. The van der Waals surface area contributed by atoms with Gasteiger partial charge < -0.3 is 24.6 Å². The van der Waals surface area contributed by atoms with Gasteiger partial charge in [-0.1, -0.05) is 71.6 Å². The van der Waals surface area contributed by atoms with Crippen LogP contribution < -0.4 is 0 Å². The molecular weight excluding hydrogens is 467 g/mol.